The summed E-state index contributed by atoms with van der Waals surface area (Å²) in [6, 6.07) is 11.2. The number of carbonyl (C=O) groups excluding carboxylic acids is 2. The predicted octanol–water partition coefficient (Wildman–Crippen LogP) is 2.52. The zero-order valence-corrected chi connectivity index (χ0v) is 16.9. The summed E-state index contributed by atoms with van der Waals surface area (Å²) in [7, 11) is -3.64. The Balaban J connectivity index is 1.94. The maximum Gasteiger partial charge on any atom is 0.319 e. The quantitative estimate of drug-likeness (QED) is 0.591. The van der Waals surface area contributed by atoms with Crippen molar-refractivity contribution in [1.82, 2.24) is 14.7 Å². The van der Waals surface area contributed by atoms with Crippen LogP contribution in [0, 0.1) is 0 Å². The van der Waals surface area contributed by atoms with Crippen molar-refractivity contribution < 1.29 is 18.0 Å². The van der Waals surface area contributed by atoms with Gasteiger partial charge >= 0.3 is 6.03 Å². The molecule has 0 aliphatic heterocycles. The lowest BCUT2D eigenvalue weighted by atomic mass is 10.2. The van der Waals surface area contributed by atoms with E-state index in [0.29, 0.717) is 16.9 Å². The number of nitrogens with zero attached hydrogens (tertiary/aromatic N) is 2. The van der Waals surface area contributed by atoms with Gasteiger partial charge in [0.05, 0.1) is 16.9 Å². The first-order chi connectivity index (χ1) is 13.7. The smallest absolute Gasteiger partial charge is 0.319 e. The third-order valence-corrected chi connectivity index (χ3v) is 4.86. The van der Waals surface area contributed by atoms with Crippen LogP contribution in [0.3, 0.4) is 0 Å². The molecule has 2 heterocycles. The summed E-state index contributed by atoms with van der Waals surface area (Å²) in [5, 5.41) is 7.85. The highest BCUT2D eigenvalue weighted by molar-refractivity contribution is 7.90. The zero-order chi connectivity index (χ0) is 21.2. The van der Waals surface area contributed by atoms with Crippen molar-refractivity contribution >= 4 is 38.7 Å². The van der Waals surface area contributed by atoms with Crippen molar-refractivity contribution in [3.05, 3.63) is 54.4 Å². The number of hydrogen-bond donors (Lipinski definition) is 3. The molecule has 0 saturated heterocycles. The minimum absolute atomic E-state index is 0.0348. The number of anilines is 2. The molecule has 3 aromatic rings. The molecule has 152 valence electrons. The second-order valence-electron chi connectivity index (χ2n) is 6.72. The highest BCUT2D eigenvalue weighted by Gasteiger charge is 2.23. The Morgan fingerprint density at radius 2 is 1.62 bits per heavy atom. The van der Waals surface area contributed by atoms with Gasteiger partial charge in [0.2, 0.25) is 15.0 Å². The Hall–Kier alpha value is -3.40. The highest BCUT2D eigenvalue weighted by Crippen LogP contribution is 2.23. The first-order valence-corrected chi connectivity index (χ1v) is 10.7. The molecule has 0 aliphatic rings. The SMILES string of the molecule is CC(C)NC(=O)Nc1ccccc1NC(=O)c1nc(S(C)(=O)=O)n2ccccc12. The largest absolute Gasteiger partial charge is 0.336 e. The van der Waals surface area contributed by atoms with Crippen molar-refractivity contribution in [1.29, 1.82) is 0 Å². The number of nitrogens with one attached hydrogen (secondary N) is 3. The number of pyridine rings is 1. The number of aromatic nitrogens is 2. The number of fused-ring (bicyclic) bond motifs is 1. The van der Waals surface area contributed by atoms with E-state index in [1.807, 2.05) is 13.8 Å². The van der Waals surface area contributed by atoms with E-state index in [1.165, 1.54) is 10.6 Å². The summed E-state index contributed by atoms with van der Waals surface area (Å²) in [4.78, 5) is 28.9. The standard InChI is InChI=1S/C19H21N5O4S/c1-12(2)20-18(26)22-14-9-5-4-8-13(14)21-17(25)16-15-10-6-7-11-24(15)19(23-16)29(3,27)28/h4-12H,1-3H3,(H,21,25)(H2,20,22,26). The van der Waals surface area contributed by atoms with E-state index < -0.39 is 21.8 Å². The molecule has 0 fully saturated rings. The number of hydrogen-bond acceptors (Lipinski definition) is 5. The van der Waals surface area contributed by atoms with Crippen molar-refractivity contribution in [2.24, 2.45) is 0 Å². The summed E-state index contributed by atoms with van der Waals surface area (Å²) >= 11 is 0. The van der Waals surface area contributed by atoms with Crippen LogP contribution < -0.4 is 16.0 Å². The Kier molecular flexibility index (Phi) is 5.55. The molecule has 1 aromatic carbocycles. The minimum Gasteiger partial charge on any atom is -0.336 e. The number of sulfone groups is 1. The first kappa shape index (κ1) is 20.3. The topological polar surface area (TPSA) is 122 Å². The van der Waals surface area contributed by atoms with Crippen LogP contribution in [0.1, 0.15) is 24.3 Å². The van der Waals surface area contributed by atoms with Crippen molar-refractivity contribution in [3.63, 3.8) is 0 Å². The maximum absolute atomic E-state index is 12.9. The van der Waals surface area contributed by atoms with Crippen LogP contribution >= 0.6 is 0 Å². The summed E-state index contributed by atoms with van der Waals surface area (Å²) in [6.45, 7) is 3.66. The number of para-hydroxylation sites is 2. The fraction of sp³-hybridized carbons (Fsp3) is 0.211. The van der Waals surface area contributed by atoms with Crippen LogP contribution in [-0.4, -0.2) is 42.0 Å². The average molecular weight is 415 g/mol. The van der Waals surface area contributed by atoms with Crippen LogP contribution in [0.5, 0.6) is 0 Å². The van der Waals surface area contributed by atoms with Gasteiger partial charge in [-0.05, 0) is 38.1 Å². The molecule has 3 rings (SSSR count). The normalized spacial score (nSPS) is 11.4. The predicted molar refractivity (Wildman–Crippen MR) is 110 cm³/mol. The maximum atomic E-state index is 12.9. The van der Waals surface area contributed by atoms with Gasteiger partial charge in [0, 0.05) is 18.5 Å². The second kappa shape index (κ2) is 7.92. The van der Waals surface area contributed by atoms with Gasteiger partial charge in [0.1, 0.15) is 0 Å². The van der Waals surface area contributed by atoms with Crippen molar-refractivity contribution in [2.75, 3.05) is 16.9 Å². The fourth-order valence-electron chi connectivity index (χ4n) is 2.74. The fourth-order valence-corrected chi connectivity index (χ4v) is 3.52. The lowest BCUT2D eigenvalue weighted by Gasteiger charge is -2.14. The van der Waals surface area contributed by atoms with Crippen LogP contribution in [0.25, 0.3) is 5.52 Å². The Labute approximate surface area is 168 Å². The van der Waals surface area contributed by atoms with Gasteiger partial charge in [0.15, 0.2) is 5.69 Å². The molecule has 3 N–H and O–H groups in total. The number of imidazole rings is 1. The van der Waals surface area contributed by atoms with E-state index in [9.17, 15) is 18.0 Å². The van der Waals surface area contributed by atoms with E-state index in [1.54, 1.807) is 42.5 Å². The lowest BCUT2D eigenvalue weighted by Crippen LogP contribution is -2.34. The molecule has 10 heteroatoms. The molecular weight excluding hydrogens is 394 g/mol. The molecule has 2 aromatic heterocycles. The third-order valence-electron chi connectivity index (χ3n) is 3.91. The van der Waals surface area contributed by atoms with Gasteiger partial charge in [-0.2, -0.15) is 0 Å². The van der Waals surface area contributed by atoms with Gasteiger partial charge in [-0.25, -0.2) is 18.2 Å². The van der Waals surface area contributed by atoms with E-state index in [-0.39, 0.29) is 16.9 Å². The van der Waals surface area contributed by atoms with E-state index in [0.717, 1.165) is 6.26 Å². The molecule has 29 heavy (non-hydrogen) atoms. The molecular formula is C19H21N5O4S. The second-order valence-corrected chi connectivity index (χ2v) is 8.63. The summed E-state index contributed by atoms with van der Waals surface area (Å²) in [5.74, 6) is -0.595. The summed E-state index contributed by atoms with van der Waals surface area (Å²) in [5.41, 5.74) is 1.07. The molecule has 0 spiro atoms. The van der Waals surface area contributed by atoms with Gasteiger partial charge in [-0.1, -0.05) is 18.2 Å². The number of benzene rings is 1. The molecule has 0 unspecified atom stereocenters. The van der Waals surface area contributed by atoms with Crippen LogP contribution in [0.4, 0.5) is 16.2 Å². The first-order valence-electron chi connectivity index (χ1n) is 8.82. The van der Waals surface area contributed by atoms with Crippen LogP contribution in [0.15, 0.2) is 53.8 Å². The summed E-state index contributed by atoms with van der Waals surface area (Å²) < 4.78 is 25.4. The third kappa shape index (κ3) is 4.54. The van der Waals surface area contributed by atoms with Crippen molar-refractivity contribution in [2.45, 2.75) is 25.0 Å². The number of amides is 3. The molecule has 3 amide bonds. The Morgan fingerprint density at radius 3 is 2.24 bits per heavy atom. The molecule has 0 saturated carbocycles. The molecule has 0 aliphatic carbocycles. The van der Waals surface area contributed by atoms with Gasteiger partial charge in [0.25, 0.3) is 5.91 Å². The van der Waals surface area contributed by atoms with Gasteiger partial charge in [-0.15, -0.1) is 0 Å². The lowest BCUT2D eigenvalue weighted by molar-refractivity contribution is 0.102. The zero-order valence-electron chi connectivity index (χ0n) is 16.1. The van der Waals surface area contributed by atoms with E-state index in [4.69, 9.17) is 0 Å². The molecule has 0 radical (unpaired) electrons. The Morgan fingerprint density at radius 1 is 1.00 bits per heavy atom. The molecule has 0 bridgehead atoms. The van der Waals surface area contributed by atoms with Crippen LogP contribution in [0.2, 0.25) is 0 Å². The van der Waals surface area contributed by atoms with Crippen molar-refractivity contribution in [3.8, 4) is 0 Å². The monoisotopic (exact) mass is 415 g/mol. The van der Waals surface area contributed by atoms with Gasteiger partial charge < -0.3 is 16.0 Å². The highest BCUT2D eigenvalue weighted by atomic mass is 32.2. The minimum atomic E-state index is -3.64. The molecule has 0 atom stereocenters. The Bertz CT molecular complexity index is 1180. The number of carbonyl (C=O) groups is 2. The van der Waals surface area contributed by atoms with Crippen LogP contribution in [-0.2, 0) is 9.84 Å². The summed E-state index contributed by atoms with van der Waals surface area (Å²) in [6.07, 6.45) is 2.56. The molecule has 9 nitrogen and oxygen atoms in total. The number of rotatable bonds is 5. The van der Waals surface area contributed by atoms with E-state index in [2.05, 4.69) is 20.9 Å². The average Bonchev–Trinajstić information content (AvgIpc) is 3.03. The number of urea groups is 1. The van der Waals surface area contributed by atoms with Gasteiger partial charge in [-0.3, -0.25) is 9.20 Å². The van der Waals surface area contributed by atoms with E-state index >= 15 is 0 Å².